The third-order valence-electron chi connectivity index (χ3n) is 2.96. The summed E-state index contributed by atoms with van der Waals surface area (Å²) in [6, 6.07) is 3.00. The molecular weight excluding hydrogens is 160 g/mol. The van der Waals surface area contributed by atoms with Gasteiger partial charge in [-0.25, -0.2) is 0 Å². The molecule has 2 nitrogen and oxygen atoms in total. The Morgan fingerprint density at radius 1 is 1.54 bits per heavy atom. The number of nitrogens with zero attached hydrogens (tertiary/aromatic N) is 1. The number of rotatable bonds is 4. The van der Waals surface area contributed by atoms with Crippen LogP contribution in [0.3, 0.4) is 0 Å². The van der Waals surface area contributed by atoms with Crippen LogP contribution in [0.4, 0.5) is 0 Å². The molecule has 74 valence electrons. The van der Waals surface area contributed by atoms with Crippen molar-refractivity contribution in [1.82, 2.24) is 5.32 Å². The average Bonchev–Trinajstić information content (AvgIpc) is 2.59. The Morgan fingerprint density at radius 3 is 2.46 bits per heavy atom. The maximum atomic E-state index is 8.80. The summed E-state index contributed by atoms with van der Waals surface area (Å²) < 4.78 is 0. The van der Waals surface area contributed by atoms with Crippen LogP contribution < -0.4 is 5.32 Å². The van der Waals surface area contributed by atoms with E-state index in [0.717, 1.165) is 13.0 Å². The highest BCUT2D eigenvalue weighted by molar-refractivity contribution is 5.02. The lowest BCUT2D eigenvalue weighted by Crippen LogP contribution is -2.25. The van der Waals surface area contributed by atoms with Gasteiger partial charge in [0.1, 0.15) is 0 Å². The van der Waals surface area contributed by atoms with Crippen LogP contribution in [-0.4, -0.2) is 12.6 Å². The molecule has 0 aliphatic heterocycles. The molecule has 0 amide bonds. The van der Waals surface area contributed by atoms with E-state index in [1.54, 1.807) is 0 Å². The van der Waals surface area contributed by atoms with Gasteiger partial charge in [0.2, 0.25) is 0 Å². The van der Waals surface area contributed by atoms with Crippen LogP contribution in [0, 0.1) is 22.2 Å². The Morgan fingerprint density at radius 2 is 2.08 bits per heavy atom. The Balaban J connectivity index is 2.13. The second-order valence-corrected chi connectivity index (χ2v) is 5.45. The van der Waals surface area contributed by atoms with Gasteiger partial charge >= 0.3 is 0 Å². The van der Waals surface area contributed by atoms with Crippen molar-refractivity contribution in [2.45, 2.75) is 46.6 Å². The van der Waals surface area contributed by atoms with Crippen molar-refractivity contribution in [1.29, 1.82) is 5.26 Å². The van der Waals surface area contributed by atoms with E-state index in [1.807, 2.05) is 13.8 Å². The van der Waals surface area contributed by atoms with Crippen molar-refractivity contribution < 1.29 is 0 Å². The Labute approximate surface area is 81.3 Å². The highest BCUT2D eigenvalue weighted by Crippen LogP contribution is 2.44. The molecular formula is C11H20N2. The van der Waals surface area contributed by atoms with E-state index < -0.39 is 0 Å². The van der Waals surface area contributed by atoms with Gasteiger partial charge in [-0.1, -0.05) is 13.8 Å². The third kappa shape index (κ3) is 3.00. The predicted molar refractivity (Wildman–Crippen MR) is 54.2 cm³/mol. The highest BCUT2D eigenvalue weighted by Gasteiger charge is 2.45. The summed E-state index contributed by atoms with van der Waals surface area (Å²) in [6.45, 7) is 9.51. The first-order valence-corrected chi connectivity index (χ1v) is 5.02. The van der Waals surface area contributed by atoms with Crippen molar-refractivity contribution >= 4 is 0 Å². The van der Waals surface area contributed by atoms with Gasteiger partial charge in [-0.15, -0.1) is 0 Å². The highest BCUT2D eigenvalue weighted by atomic mass is 15.0. The summed E-state index contributed by atoms with van der Waals surface area (Å²) in [6.07, 6.45) is 2.22. The van der Waals surface area contributed by atoms with E-state index in [4.69, 9.17) is 5.26 Å². The molecule has 0 bridgehead atoms. The van der Waals surface area contributed by atoms with E-state index in [0.29, 0.717) is 11.5 Å². The molecule has 1 fully saturated rings. The van der Waals surface area contributed by atoms with Crippen LogP contribution >= 0.6 is 0 Å². The van der Waals surface area contributed by atoms with Crippen molar-refractivity contribution in [2.24, 2.45) is 10.8 Å². The van der Waals surface area contributed by atoms with Gasteiger partial charge in [0.15, 0.2) is 0 Å². The van der Waals surface area contributed by atoms with Gasteiger partial charge in [-0.05, 0) is 38.6 Å². The van der Waals surface area contributed by atoms with Crippen molar-refractivity contribution in [3.05, 3.63) is 0 Å². The van der Waals surface area contributed by atoms with Crippen molar-refractivity contribution in [2.75, 3.05) is 6.54 Å². The molecule has 1 saturated carbocycles. The van der Waals surface area contributed by atoms with Crippen LogP contribution in [0.5, 0.6) is 0 Å². The van der Waals surface area contributed by atoms with Gasteiger partial charge in [0.05, 0.1) is 11.5 Å². The molecule has 2 heteroatoms. The second-order valence-electron chi connectivity index (χ2n) is 5.45. The molecule has 0 saturated heterocycles. The molecule has 0 spiro atoms. The molecule has 0 aromatic heterocycles. The zero-order valence-corrected chi connectivity index (χ0v) is 9.15. The number of hydrogen-bond acceptors (Lipinski definition) is 2. The summed E-state index contributed by atoms with van der Waals surface area (Å²) in [5.41, 5.74) is 0.322. The largest absolute Gasteiger partial charge is 0.313 e. The van der Waals surface area contributed by atoms with Gasteiger partial charge in [0, 0.05) is 6.04 Å². The van der Waals surface area contributed by atoms with E-state index in [-0.39, 0.29) is 5.41 Å². The number of nitrogens with one attached hydrogen (secondary N) is 1. The first-order valence-electron chi connectivity index (χ1n) is 5.02. The summed E-state index contributed by atoms with van der Waals surface area (Å²) in [7, 11) is 0. The van der Waals surface area contributed by atoms with E-state index >= 15 is 0 Å². The smallest absolute Gasteiger partial charge is 0.0684 e. The minimum atomic E-state index is -0.175. The molecule has 1 N–H and O–H groups in total. The van der Waals surface area contributed by atoms with Crippen LogP contribution in [0.1, 0.15) is 40.5 Å². The summed E-state index contributed by atoms with van der Waals surface area (Å²) >= 11 is 0. The maximum absolute atomic E-state index is 8.80. The van der Waals surface area contributed by atoms with E-state index in [9.17, 15) is 0 Å². The molecule has 1 rings (SSSR count). The zero-order chi connectivity index (χ0) is 10.1. The van der Waals surface area contributed by atoms with Gasteiger partial charge in [0.25, 0.3) is 0 Å². The minimum absolute atomic E-state index is 0.175. The quantitative estimate of drug-likeness (QED) is 0.720. The fraction of sp³-hybridized carbons (Fsp3) is 0.909. The lowest BCUT2D eigenvalue weighted by molar-refractivity contribution is 0.420. The summed E-state index contributed by atoms with van der Waals surface area (Å²) in [4.78, 5) is 0. The average molecular weight is 180 g/mol. The van der Waals surface area contributed by atoms with Crippen molar-refractivity contribution in [3.8, 4) is 6.07 Å². The van der Waals surface area contributed by atoms with E-state index in [1.165, 1.54) is 6.42 Å². The van der Waals surface area contributed by atoms with Gasteiger partial charge in [-0.2, -0.15) is 5.26 Å². The fourth-order valence-corrected chi connectivity index (χ4v) is 1.43. The van der Waals surface area contributed by atoms with Crippen LogP contribution in [0.2, 0.25) is 0 Å². The fourth-order valence-electron chi connectivity index (χ4n) is 1.43. The lowest BCUT2D eigenvalue weighted by Gasteiger charge is -2.15. The molecule has 13 heavy (non-hydrogen) atoms. The van der Waals surface area contributed by atoms with Crippen LogP contribution in [0.25, 0.3) is 0 Å². The summed E-state index contributed by atoms with van der Waals surface area (Å²) in [5, 5.41) is 12.3. The lowest BCUT2D eigenvalue weighted by atomic mass is 9.91. The van der Waals surface area contributed by atoms with E-state index in [2.05, 4.69) is 25.2 Å². The van der Waals surface area contributed by atoms with Crippen molar-refractivity contribution in [3.63, 3.8) is 0 Å². The topological polar surface area (TPSA) is 35.8 Å². The van der Waals surface area contributed by atoms with Gasteiger partial charge < -0.3 is 5.32 Å². The number of hydrogen-bond donors (Lipinski definition) is 1. The molecule has 0 aromatic carbocycles. The molecule has 0 heterocycles. The molecule has 1 atom stereocenters. The Hall–Kier alpha value is -0.550. The first-order chi connectivity index (χ1) is 5.87. The predicted octanol–water partition coefficient (Wildman–Crippen LogP) is 2.31. The van der Waals surface area contributed by atoms with Crippen LogP contribution in [-0.2, 0) is 0 Å². The van der Waals surface area contributed by atoms with Gasteiger partial charge in [-0.3, -0.25) is 0 Å². The molecule has 0 radical (unpaired) electrons. The summed E-state index contributed by atoms with van der Waals surface area (Å²) in [5.74, 6) is 0. The SMILES string of the molecule is CC(C)(C#N)CCNC1CC1(C)C. The molecule has 1 unspecified atom stereocenters. The zero-order valence-electron chi connectivity index (χ0n) is 9.15. The second kappa shape index (κ2) is 3.31. The Kier molecular flexibility index (Phi) is 2.68. The molecule has 0 aromatic rings. The van der Waals surface area contributed by atoms with Crippen LogP contribution in [0.15, 0.2) is 0 Å². The molecule has 1 aliphatic rings. The molecule has 1 aliphatic carbocycles. The monoisotopic (exact) mass is 180 g/mol. The first kappa shape index (κ1) is 10.5. The maximum Gasteiger partial charge on any atom is 0.0684 e. The normalized spacial score (nSPS) is 25.3. The Bertz CT molecular complexity index is 223. The number of nitriles is 1. The minimum Gasteiger partial charge on any atom is -0.313 e. The standard InChI is InChI=1S/C11H20N2/c1-10(2,8-12)5-6-13-9-7-11(9,3)4/h9,13H,5-7H2,1-4H3. The third-order valence-corrected chi connectivity index (χ3v) is 2.96.